The molecule has 0 aliphatic rings. The van der Waals surface area contributed by atoms with Gasteiger partial charge in [-0.15, -0.1) is 0 Å². The number of anilines is 2. The standard InChI is InChI=1S/C15H24Cl2N4Si/c1-18(2)14-6-10-20(11-7-14)22(5,16,17)21-12-8-15(9-13-21)19(3)4/h6-13,22H,1-5H3. The Morgan fingerprint density at radius 2 is 1.00 bits per heavy atom. The first-order chi connectivity index (χ1) is 10.1. The average Bonchev–Trinajstić information content (AvgIpc) is 2.47. The van der Waals surface area contributed by atoms with E-state index in [9.17, 15) is 0 Å². The van der Waals surface area contributed by atoms with Gasteiger partial charge in [-0.25, -0.2) is 0 Å². The van der Waals surface area contributed by atoms with E-state index in [0.717, 1.165) is 11.4 Å². The Morgan fingerprint density at radius 1 is 0.727 bits per heavy atom. The molecular formula is C15H24Cl2N4Si. The van der Waals surface area contributed by atoms with Crippen LogP contribution in [0, 0.1) is 0 Å². The quantitative estimate of drug-likeness (QED) is 0.613. The van der Waals surface area contributed by atoms with Crippen molar-refractivity contribution in [2.24, 2.45) is 0 Å². The zero-order valence-electron chi connectivity index (χ0n) is 13.7. The molecule has 2 heterocycles. The van der Waals surface area contributed by atoms with Crippen LogP contribution in [0.2, 0.25) is 6.55 Å². The van der Waals surface area contributed by atoms with Crippen molar-refractivity contribution in [1.82, 2.24) is 0 Å². The van der Waals surface area contributed by atoms with Crippen LogP contribution in [0.1, 0.15) is 0 Å². The van der Waals surface area contributed by atoms with Gasteiger partial charge in [0.2, 0.25) is 0 Å². The van der Waals surface area contributed by atoms with E-state index >= 15 is 0 Å². The summed E-state index contributed by atoms with van der Waals surface area (Å²) in [7, 11) is 8.02. The number of halogens is 2. The summed E-state index contributed by atoms with van der Waals surface area (Å²) in [5.41, 5.74) is 2.22. The van der Waals surface area contributed by atoms with Gasteiger partial charge in [0.15, 0.2) is 0 Å². The summed E-state index contributed by atoms with van der Waals surface area (Å²) < 4.78 is 3.89. The number of pyridine rings is 2. The van der Waals surface area contributed by atoms with Crippen molar-refractivity contribution in [3.63, 3.8) is 0 Å². The summed E-state index contributed by atoms with van der Waals surface area (Å²) in [6.07, 6.45) is 3.92. The van der Waals surface area contributed by atoms with Crippen LogP contribution >= 0.6 is 22.2 Å². The third-order valence-electron chi connectivity index (χ3n) is 4.02. The van der Waals surface area contributed by atoms with E-state index in [1.807, 2.05) is 102 Å². The van der Waals surface area contributed by atoms with E-state index in [2.05, 4.69) is 0 Å². The molecule has 0 aliphatic heterocycles. The second-order valence-electron chi connectivity index (χ2n) is 6.34. The van der Waals surface area contributed by atoms with Crippen LogP contribution in [-0.2, 0) is 0 Å². The zero-order chi connectivity index (χ0) is 16.6. The van der Waals surface area contributed by atoms with Crippen LogP contribution in [0.25, 0.3) is 0 Å². The molecule has 0 spiro atoms. The zero-order valence-corrected chi connectivity index (χ0v) is 16.4. The van der Waals surface area contributed by atoms with Crippen molar-refractivity contribution < 1.29 is 8.47 Å². The Morgan fingerprint density at radius 3 is 1.23 bits per heavy atom. The first kappa shape index (κ1) is 17.1. The van der Waals surface area contributed by atoms with Crippen LogP contribution < -0.4 is 18.3 Å². The molecule has 0 bridgehead atoms. The molecule has 2 rings (SSSR count). The van der Waals surface area contributed by atoms with Gasteiger partial charge in [0, 0.05) is 0 Å². The topological polar surface area (TPSA) is 14.2 Å². The van der Waals surface area contributed by atoms with Gasteiger partial charge in [0.05, 0.1) is 0 Å². The molecule has 122 valence electrons. The van der Waals surface area contributed by atoms with Crippen molar-refractivity contribution in [3.8, 4) is 0 Å². The fourth-order valence-corrected chi connectivity index (χ4v) is 6.10. The molecule has 0 aliphatic carbocycles. The van der Waals surface area contributed by atoms with Crippen LogP contribution in [0.5, 0.6) is 0 Å². The van der Waals surface area contributed by atoms with E-state index in [0.29, 0.717) is 0 Å². The SMILES string of the molecule is CN(C)c1cc[n+]([SiH-2](C)(Cl)(Cl)[n+]2ccc(N(C)C)cc2)cc1. The van der Waals surface area contributed by atoms with Crippen molar-refractivity contribution in [2.75, 3.05) is 38.0 Å². The van der Waals surface area contributed by atoms with Crippen LogP contribution in [0.3, 0.4) is 0 Å². The molecule has 2 aromatic heterocycles. The predicted molar refractivity (Wildman–Crippen MR) is 97.4 cm³/mol. The number of nitrogens with zero attached hydrogens (tertiary/aromatic N) is 4. The van der Waals surface area contributed by atoms with Gasteiger partial charge in [-0.1, -0.05) is 0 Å². The Kier molecular flexibility index (Phi) is 4.43. The maximum absolute atomic E-state index is 6.95. The molecule has 0 N–H and O–H groups in total. The van der Waals surface area contributed by atoms with E-state index in [1.165, 1.54) is 0 Å². The summed E-state index contributed by atoms with van der Waals surface area (Å²) in [4.78, 5) is 4.09. The second kappa shape index (κ2) is 5.72. The average molecular weight is 359 g/mol. The monoisotopic (exact) mass is 358 g/mol. The molecule has 0 aromatic carbocycles. The summed E-state index contributed by atoms with van der Waals surface area (Å²) in [5.74, 6) is 0. The van der Waals surface area contributed by atoms with Crippen molar-refractivity contribution in [3.05, 3.63) is 49.1 Å². The molecule has 0 unspecified atom stereocenters. The molecule has 0 saturated heterocycles. The summed E-state index contributed by atoms with van der Waals surface area (Å²) in [5, 5.41) is 0. The molecule has 4 nitrogen and oxygen atoms in total. The van der Waals surface area contributed by atoms with Crippen LogP contribution in [0.4, 0.5) is 11.4 Å². The van der Waals surface area contributed by atoms with Crippen molar-refractivity contribution in [1.29, 1.82) is 0 Å². The molecule has 0 fully saturated rings. The third kappa shape index (κ3) is 3.21. The van der Waals surface area contributed by atoms with Gasteiger partial charge in [-0.2, -0.15) is 0 Å². The minimum absolute atomic E-state index is 1.11. The van der Waals surface area contributed by atoms with Crippen LogP contribution in [-0.4, -0.2) is 34.5 Å². The fraction of sp³-hybridized carbons (Fsp3) is 0.333. The molecule has 2 aromatic rings. The fourth-order valence-electron chi connectivity index (χ4n) is 2.37. The van der Waals surface area contributed by atoms with Gasteiger partial charge in [-0.3, -0.25) is 0 Å². The molecule has 7 heteroatoms. The first-order valence-electron chi connectivity index (χ1n) is 7.29. The Labute approximate surface area is 142 Å². The van der Waals surface area contributed by atoms with Gasteiger partial charge in [0.1, 0.15) is 0 Å². The molecular weight excluding hydrogens is 335 g/mol. The minimum atomic E-state index is -3.88. The van der Waals surface area contributed by atoms with Gasteiger partial charge in [-0.05, 0) is 0 Å². The maximum atomic E-state index is 6.95. The predicted octanol–water partition coefficient (Wildman–Crippen LogP) is 2.02. The molecule has 22 heavy (non-hydrogen) atoms. The number of hydrogen-bond donors (Lipinski definition) is 0. The Bertz CT molecular complexity index is 590. The summed E-state index contributed by atoms with van der Waals surface area (Å²) in [6.45, 7) is 1.93. The van der Waals surface area contributed by atoms with Crippen molar-refractivity contribution in [2.45, 2.75) is 6.55 Å². The normalized spacial score (nSPS) is 13.3. The van der Waals surface area contributed by atoms with E-state index in [-0.39, 0.29) is 0 Å². The van der Waals surface area contributed by atoms with E-state index < -0.39 is 6.29 Å². The number of aromatic nitrogens is 2. The molecule has 0 saturated carbocycles. The van der Waals surface area contributed by atoms with Crippen molar-refractivity contribution >= 4 is 39.8 Å². The number of rotatable bonds is 4. The van der Waals surface area contributed by atoms with Gasteiger partial charge < -0.3 is 0 Å². The Balaban J connectivity index is 2.44. The molecule has 0 atom stereocenters. The summed E-state index contributed by atoms with van der Waals surface area (Å²) >= 11 is 13.9. The van der Waals surface area contributed by atoms with Gasteiger partial charge >= 0.3 is 142 Å². The summed E-state index contributed by atoms with van der Waals surface area (Å²) in [6, 6.07) is 8.06. The van der Waals surface area contributed by atoms with E-state index in [4.69, 9.17) is 22.2 Å². The van der Waals surface area contributed by atoms with Gasteiger partial charge in [0.25, 0.3) is 0 Å². The first-order valence-corrected chi connectivity index (χ1v) is 13.0. The molecule has 0 amide bonds. The number of hydrogen-bond acceptors (Lipinski definition) is 2. The van der Waals surface area contributed by atoms with E-state index in [1.54, 1.807) is 0 Å². The third-order valence-corrected chi connectivity index (χ3v) is 10.0. The molecule has 0 radical (unpaired) electrons. The Hall–Kier alpha value is -1.30. The second-order valence-corrected chi connectivity index (χ2v) is 17.6. The van der Waals surface area contributed by atoms with Crippen LogP contribution in [0.15, 0.2) is 49.1 Å².